The molecular weight excluding hydrogens is 520 g/mol. The highest BCUT2D eigenvalue weighted by Crippen LogP contribution is 2.16. The third-order valence-electron chi connectivity index (χ3n) is 8.33. The van der Waals surface area contributed by atoms with E-state index in [1.807, 2.05) is 0 Å². The predicted octanol–water partition coefficient (Wildman–Crippen LogP) is 12.2. The Kier molecular flexibility index (Phi) is 26.6. The average molecular weight is 587 g/mol. The summed E-state index contributed by atoms with van der Waals surface area (Å²) < 4.78 is 11.0. The van der Waals surface area contributed by atoms with E-state index in [0.717, 1.165) is 25.7 Å². The van der Waals surface area contributed by atoms with Gasteiger partial charge in [0.15, 0.2) is 0 Å². The second-order valence-corrected chi connectivity index (χ2v) is 12.3. The molecule has 0 saturated carbocycles. The second-order valence-electron chi connectivity index (χ2n) is 12.3. The number of benzene rings is 1. The Morgan fingerprint density at radius 1 is 0.405 bits per heavy atom. The normalized spacial score (nSPS) is 11.1. The first kappa shape index (κ1) is 38.2. The van der Waals surface area contributed by atoms with Crippen LogP contribution in [0.25, 0.3) is 0 Å². The van der Waals surface area contributed by atoms with Gasteiger partial charge in [-0.05, 0) is 25.0 Å². The predicted molar refractivity (Wildman–Crippen MR) is 178 cm³/mol. The number of carbonyl (C=O) groups is 2. The van der Waals surface area contributed by atoms with Crippen molar-refractivity contribution in [3.8, 4) is 0 Å². The lowest BCUT2D eigenvalue weighted by Crippen LogP contribution is -2.15. The van der Waals surface area contributed by atoms with Gasteiger partial charge in [0.2, 0.25) is 0 Å². The van der Waals surface area contributed by atoms with Crippen LogP contribution in [0.4, 0.5) is 0 Å². The van der Waals surface area contributed by atoms with E-state index < -0.39 is 11.9 Å². The Labute approximate surface area is 260 Å². The zero-order valence-electron chi connectivity index (χ0n) is 27.7. The van der Waals surface area contributed by atoms with Gasteiger partial charge in [0.1, 0.15) is 0 Å². The van der Waals surface area contributed by atoms with Gasteiger partial charge in [0.05, 0.1) is 24.3 Å². The summed E-state index contributed by atoms with van der Waals surface area (Å²) >= 11 is 0. The third kappa shape index (κ3) is 21.8. The minimum atomic E-state index is -0.428. The summed E-state index contributed by atoms with van der Waals surface area (Å²) in [5.41, 5.74) is 0.616. The van der Waals surface area contributed by atoms with Crippen LogP contribution in [-0.2, 0) is 9.47 Å². The molecule has 0 saturated heterocycles. The lowest BCUT2D eigenvalue weighted by atomic mass is 10.0. The van der Waals surface area contributed by atoms with Gasteiger partial charge in [-0.15, -0.1) is 0 Å². The van der Waals surface area contributed by atoms with Crippen molar-refractivity contribution in [3.63, 3.8) is 0 Å². The van der Waals surface area contributed by atoms with Crippen LogP contribution in [-0.4, -0.2) is 25.2 Å². The lowest BCUT2D eigenvalue weighted by Gasteiger charge is -2.10. The Bertz CT molecular complexity index is 696. The van der Waals surface area contributed by atoms with Gasteiger partial charge in [-0.1, -0.05) is 180 Å². The number of carbonyl (C=O) groups excluding carboxylic acids is 2. The number of hydrogen-bond donors (Lipinski definition) is 0. The fraction of sp³-hybridized carbons (Fsp3) is 0.789. The van der Waals surface area contributed by atoms with Crippen LogP contribution in [0.3, 0.4) is 0 Å². The third-order valence-corrected chi connectivity index (χ3v) is 8.33. The molecule has 0 aliphatic heterocycles. The zero-order valence-corrected chi connectivity index (χ0v) is 27.7. The smallest absolute Gasteiger partial charge is 0.339 e. The van der Waals surface area contributed by atoms with Gasteiger partial charge in [-0.2, -0.15) is 0 Å². The monoisotopic (exact) mass is 586 g/mol. The van der Waals surface area contributed by atoms with Crippen molar-refractivity contribution in [3.05, 3.63) is 35.4 Å². The molecule has 0 aliphatic carbocycles. The van der Waals surface area contributed by atoms with E-state index in [-0.39, 0.29) is 0 Å². The topological polar surface area (TPSA) is 52.6 Å². The molecule has 0 fully saturated rings. The largest absolute Gasteiger partial charge is 0.462 e. The molecule has 1 rings (SSSR count). The molecule has 0 radical (unpaired) electrons. The molecule has 1 aromatic rings. The second kappa shape index (κ2) is 29.2. The molecule has 4 nitrogen and oxygen atoms in total. The number of ether oxygens (including phenoxy) is 2. The highest BCUT2D eigenvalue weighted by molar-refractivity contribution is 6.03. The summed E-state index contributed by atoms with van der Waals surface area (Å²) in [6.07, 6.45) is 33.4. The fourth-order valence-electron chi connectivity index (χ4n) is 5.56. The first-order valence-electron chi connectivity index (χ1n) is 18.1. The van der Waals surface area contributed by atoms with E-state index in [1.54, 1.807) is 24.3 Å². The first-order valence-corrected chi connectivity index (χ1v) is 18.1. The average Bonchev–Trinajstić information content (AvgIpc) is 3.01. The Morgan fingerprint density at radius 2 is 0.643 bits per heavy atom. The number of rotatable bonds is 30. The molecule has 242 valence electrons. The molecular formula is C38H66O4. The van der Waals surface area contributed by atoms with E-state index in [9.17, 15) is 9.59 Å². The molecule has 0 bridgehead atoms. The Balaban J connectivity index is 2.06. The molecule has 0 N–H and O–H groups in total. The van der Waals surface area contributed by atoms with Crippen LogP contribution in [0.15, 0.2) is 24.3 Å². The molecule has 0 spiro atoms. The molecule has 4 heteroatoms. The molecule has 1 aromatic carbocycles. The molecule has 0 unspecified atom stereocenters. The molecule has 0 heterocycles. The van der Waals surface area contributed by atoms with Gasteiger partial charge in [0, 0.05) is 0 Å². The maximum absolute atomic E-state index is 12.7. The molecule has 0 aromatic heterocycles. The quantitative estimate of drug-likeness (QED) is 0.0664. The van der Waals surface area contributed by atoms with Crippen molar-refractivity contribution in [2.75, 3.05) is 13.2 Å². The summed E-state index contributed by atoms with van der Waals surface area (Å²) in [6.45, 7) is 5.34. The van der Waals surface area contributed by atoms with E-state index in [1.165, 1.54) is 141 Å². The standard InChI is InChI=1S/C38H66O4/c1-3-5-7-9-11-13-15-17-19-21-23-25-29-33-41-37(39)35-31-27-28-32-36(35)38(40)42-34-30-26-24-22-20-18-16-14-12-10-8-6-4-2/h27-28,31-32H,3-26,29-30,33-34H2,1-2H3. The summed E-state index contributed by atoms with van der Waals surface area (Å²) in [5.74, 6) is -0.857. The highest BCUT2D eigenvalue weighted by atomic mass is 16.5. The van der Waals surface area contributed by atoms with Gasteiger partial charge >= 0.3 is 11.9 Å². The van der Waals surface area contributed by atoms with Crippen LogP contribution in [0.5, 0.6) is 0 Å². The van der Waals surface area contributed by atoms with E-state index in [0.29, 0.717) is 24.3 Å². The van der Waals surface area contributed by atoms with Crippen molar-refractivity contribution >= 4 is 11.9 Å². The molecule has 0 amide bonds. The lowest BCUT2D eigenvalue weighted by molar-refractivity contribution is 0.0450. The molecule has 42 heavy (non-hydrogen) atoms. The van der Waals surface area contributed by atoms with Crippen molar-refractivity contribution < 1.29 is 19.1 Å². The minimum absolute atomic E-state index is 0.308. The fourth-order valence-corrected chi connectivity index (χ4v) is 5.56. The van der Waals surface area contributed by atoms with Crippen LogP contribution >= 0.6 is 0 Å². The highest BCUT2D eigenvalue weighted by Gasteiger charge is 2.18. The maximum atomic E-state index is 12.7. The van der Waals surface area contributed by atoms with E-state index in [4.69, 9.17) is 9.47 Å². The van der Waals surface area contributed by atoms with Crippen LogP contribution in [0, 0.1) is 0 Å². The van der Waals surface area contributed by atoms with E-state index in [2.05, 4.69) is 13.8 Å². The molecule has 0 aliphatic rings. The summed E-state index contributed by atoms with van der Waals surface area (Å²) in [6, 6.07) is 6.86. The number of hydrogen-bond acceptors (Lipinski definition) is 4. The zero-order chi connectivity index (χ0) is 30.4. The van der Waals surface area contributed by atoms with Crippen molar-refractivity contribution in [1.29, 1.82) is 0 Å². The maximum Gasteiger partial charge on any atom is 0.339 e. The number of esters is 2. The van der Waals surface area contributed by atoms with Gasteiger partial charge in [-0.25, -0.2) is 9.59 Å². The SMILES string of the molecule is CCCCCCCCCCCCCCCOC(=O)c1ccccc1C(=O)OCCCCCCCCCCCCCCC. The van der Waals surface area contributed by atoms with Crippen LogP contribution in [0.2, 0.25) is 0 Å². The Hall–Kier alpha value is -1.84. The van der Waals surface area contributed by atoms with Gasteiger partial charge in [0.25, 0.3) is 0 Å². The summed E-state index contributed by atoms with van der Waals surface area (Å²) in [4.78, 5) is 25.3. The van der Waals surface area contributed by atoms with Crippen molar-refractivity contribution in [2.24, 2.45) is 0 Å². The Morgan fingerprint density at radius 3 is 0.905 bits per heavy atom. The van der Waals surface area contributed by atoms with Crippen LogP contribution in [0.1, 0.15) is 202 Å². The van der Waals surface area contributed by atoms with Gasteiger partial charge in [-0.3, -0.25) is 0 Å². The van der Waals surface area contributed by atoms with Crippen molar-refractivity contribution in [2.45, 2.75) is 181 Å². The van der Waals surface area contributed by atoms with Gasteiger partial charge < -0.3 is 9.47 Å². The summed E-state index contributed by atoms with van der Waals surface area (Å²) in [5, 5.41) is 0. The van der Waals surface area contributed by atoms with Crippen LogP contribution < -0.4 is 0 Å². The summed E-state index contributed by atoms with van der Waals surface area (Å²) in [7, 11) is 0. The minimum Gasteiger partial charge on any atom is -0.462 e. The van der Waals surface area contributed by atoms with E-state index >= 15 is 0 Å². The van der Waals surface area contributed by atoms with Crippen molar-refractivity contribution in [1.82, 2.24) is 0 Å². The number of unbranched alkanes of at least 4 members (excludes halogenated alkanes) is 24. The molecule has 0 atom stereocenters. The first-order chi connectivity index (χ1) is 20.7.